The Kier molecular flexibility index (Phi) is 4.43. The van der Waals surface area contributed by atoms with Gasteiger partial charge in [-0.3, -0.25) is 4.79 Å². The number of aromatic nitrogens is 1. The molecule has 29 heavy (non-hydrogen) atoms. The number of nitrogens with one attached hydrogen (secondary N) is 1. The van der Waals surface area contributed by atoms with Crippen LogP contribution in [0.15, 0.2) is 60.8 Å². The summed E-state index contributed by atoms with van der Waals surface area (Å²) in [6.07, 6.45) is 3.87. The van der Waals surface area contributed by atoms with Gasteiger partial charge in [-0.05, 0) is 35.1 Å². The standard InChI is InChI=1S/C24H22N2O3/c27-24(28)11-16-14-29-22-12-23(25-13-20(16)22)26-21-10-9-18-17(7-4-8-19(18)21)15-5-2-1-3-6-15/h1-8,12-13,16,21H,9-11,14H2,(H,25,26)(H,27,28). The van der Waals surface area contributed by atoms with Crippen molar-refractivity contribution in [1.82, 2.24) is 4.98 Å². The average molecular weight is 386 g/mol. The number of ether oxygens (including phenoxy) is 1. The molecule has 0 amide bonds. The van der Waals surface area contributed by atoms with Gasteiger partial charge in [-0.25, -0.2) is 4.98 Å². The minimum absolute atomic E-state index is 0.0692. The molecule has 0 spiro atoms. The fourth-order valence-corrected chi connectivity index (χ4v) is 4.49. The minimum atomic E-state index is -0.814. The zero-order valence-electron chi connectivity index (χ0n) is 16.0. The van der Waals surface area contributed by atoms with Crippen molar-refractivity contribution in [3.8, 4) is 16.9 Å². The summed E-state index contributed by atoms with van der Waals surface area (Å²) >= 11 is 0. The van der Waals surface area contributed by atoms with E-state index < -0.39 is 5.97 Å². The number of rotatable bonds is 5. The Morgan fingerprint density at radius 1 is 1.14 bits per heavy atom. The van der Waals surface area contributed by atoms with E-state index in [1.54, 1.807) is 6.20 Å². The maximum Gasteiger partial charge on any atom is 0.304 e. The molecule has 0 bridgehead atoms. The first kappa shape index (κ1) is 17.7. The number of carbonyl (C=O) groups is 1. The Morgan fingerprint density at radius 2 is 2.00 bits per heavy atom. The van der Waals surface area contributed by atoms with E-state index in [1.165, 1.54) is 22.3 Å². The van der Waals surface area contributed by atoms with E-state index in [2.05, 4.69) is 52.8 Å². The van der Waals surface area contributed by atoms with Crippen molar-refractivity contribution in [3.05, 3.63) is 77.5 Å². The lowest BCUT2D eigenvalue weighted by Crippen LogP contribution is -2.09. The van der Waals surface area contributed by atoms with Gasteiger partial charge in [0.25, 0.3) is 0 Å². The third-order valence-electron chi connectivity index (χ3n) is 5.87. The zero-order chi connectivity index (χ0) is 19.8. The van der Waals surface area contributed by atoms with E-state index in [0.29, 0.717) is 6.61 Å². The molecule has 0 saturated heterocycles. The zero-order valence-corrected chi connectivity index (χ0v) is 16.0. The molecule has 5 nitrogen and oxygen atoms in total. The van der Waals surface area contributed by atoms with Crippen molar-refractivity contribution < 1.29 is 14.6 Å². The number of fused-ring (bicyclic) bond motifs is 2. The summed E-state index contributed by atoms with van der Waals surface area (Å²) in [5.41, 5.74) is 6.15. The number of aliphatic carboxylic acids is 1. The highest BCUT2D eigenvalue weighted by atomic mass is 16.5. The molecule has 5 rings (SSSR count). The van der Waals surface area contributed by atoms with E-state index in [0.717, 1.165) is 30.0 Å². The molecular weight excluding hydrogens is 364 g/mol. The fraction of sp³-hybridized carbons (Fsp3) is 0.250. The van der Waals surface area contributed by atoms with Gasteiger partial charge in [0, 0.05) is 23.7 Å². The first-order chi connectivity index (χ1) is 14.2. The van der Waals surface area contributed by atoms with Crippen molar-refractivity contribution in [3.63, 3.8) is 0 Å². The molecule has 0 radical (unpaired) electrons. The summed E-state index contributed by atoms with van der Waals surface area (Å²) in [6.45, 7) is 0.402. The van der Waals surface area contributed by atoms with Crippen LogP contribution in [0.3, 0.4) is 0 Å². The van der Waals surface area contributed by atoms with Gasteiger partial charge in [0.2, 0.25) is 0 Å². The maximum absolute atomic E-state index is 11.0. The molecule has 5 heteroatoms. The number of pyridine rings is 1. The number of hydrogen-bond acceptors (Lipinski definition) is 4. The maximum atomic E-state index is 11.0. The van der Waals surface area contributed by atoms with Crippen LogP contribution in [-0.4, -0.2) is 22.7 Å². The Labute approximate surface area is 169 Å². The lowest BCUT2D eigenvalue weighted by atomic mass is 9.96. The molecule has 0 fully saturated rings. The van der Waals surface area contributed by atoms with E-state index in [4.69, 9.17) is 9.84 Å². The second-order valence-electron chi connectivity index (χ2n) is 7.69. The predicted molar refractivity (Wildman–Crippen MR) is 111 cm³/mol. The van der Waals surface area contributed by atoms with Crippen molar-refractivity contribution in [1.29, 1.82) is 0 Å². The van der Waals surface area contributed by atoms with Crippen LogP contribution in [0.5, 0.6) is 5.75 Å². The van der Waals surface area contributed by atoms with Crippen molar-refractivity contribution >= 4 is 11.8 Å². The molecule has 1 aliphatic carbocycles. The smallest absolute Gasteiger partial charge is 0.304 e. The van der Waals surface area contributed by atoms with Crippen molar-refractivity contribution in [2.75, 3.05) is 11.9 Å². The van der Waals surface area contributed by atoms with E-state index >= 15 is 0 Å². The third kappa shape index (κ3) is 3.33. The molecule has 2 unspecified atom stereocenters. The molecule has 2 aromatic carbocycles. The van der Waals surface area contributed by atoms with Gasteiger partial charge in [0.15, 0.2) is 0 Å². The summed E-state index contributed by atoms with van der Waals surface area (Å²) in [7, 11) is 0. The topological polar surface area (TPSA) is 71.5 Å². The van der Waals surface area contributed by atoms with E-state index in [9.17, 15) is 4.79 Å². The van der Waals surface area contributed by atoms with Gasteiger partial charge in [0.05, 0.1) is 19.1 Å². The number of carboxylic acids is 1. The largest absolute Gasteiger partial charge is 0.492 e. The SMILES string of the molecule is O=C(O)CC1COc2cc(NC3CCc4c(-c5ccccc5)cccc43)ncc21. The molecule has 3 aromatic rings. The molecule has 1 aromatic heterocycles. The molecule has 2 atom stereocenters. The van der Waals surface area contributed by atoms with Gasteiger partial charge in [-0.2, -0.15) is 0 Å². The predicted octanol–water partition coefficient (Wildman–Crippen LogP) is 4.80. The Balaban J connectivity index is 1.39. The fourth-order valence-electron chi connectivity index (χ4n) is 4.49. The second-order valence-corrected chi connectivity index (χ2v) is 7.69. The van der Waals surface area contributed by atoms with Crippen molar-refractivity contribution in [2.24, 2.45) is 0 Å². The number of benzene rings is 2. The van der Waals surface area contributed by atoms with Crippen LogP contribution in [0.1, 0.15) is 41.5 Å². The number of nitrogens with zero attached hydrogens (tertiary/aromatic N) is 1. The lowest BCUT2D eigenvalue weighted by molar-refractivity contribution is -0.137. The lowest BCUT2D eigenvalue weighted by Gasteiger charge is -2.16. The minimum Gasteiger partial charge on any atom is -0.492 e. The summed E-state index contributed by atoms with van der Waals surface area (Å²) in [5, 5.41) is 12.6. The Hall–Kier alpha value is -3.34. The van der Waals surface area contributed by atoms with Crippen molar-refractivity contribution in [2.45, 2.75) is 31.2 Å². The number of anilines is 1. The highest BCUT2D eigenvalue weighted by Gasteiger charge is 2.29. The van der Waals surface area contributed by atoms with E-state index in [1.807, 2.05) is 12.1 Å². The third-order valence-corrected chi connectivity index (χ3v) is 5.87. The Morgan fingerprint density at radius 3 is 2.83 bits per heavy atom. The van der Waals surface area contributed by atoms with E-state index in [-0.39, 0.29) is 18.4 Å². The quantitative estimate of drug-likeness (QED) is 0.659. The van der Waals surface area contributed by atoms with Gasteiger partial charge in [0.1, 0.15) is 11.6 Å². The molecule has 2 heterocycles. The van der Waals surface area contributed by atoms with Gasteiger partial charge < -0.3 is 15.2 Å². The molecule has 1 aliphatic heterocycles. The molecule has 0 saturated carbocycles. The van der Waals surface area contributed by atoms with Crippen LogP contribution in [0.25, 0.3) is 11.1 Å². The summed E-state index contributed by atoms with van der Waals surface area (Å²) in [6, 6.07) is 19.1. The Bertz CT molecular complexity index is 1060. The van der Waals surface area contributed by atoms with Crippen LogP contribution < -0.4 is 10.1 Å². The van der Waals surface area contributed by atoms with Crippen LogP contribution in [0.2, 0.25) is 0 Å². The van der Waals surface area contributed by atoms with Crippen LogP contribution in [0.4, 0.5) is 5.82 Å². The highest BCUT2D eigenvalue weighted by Crippen LogP contribution is 2.41. The number of carboxylic acid groups (broad SMARTS) is 1. The first-order valence-corrected chi connectivity index (χ1v) is 9.97. The van der Waals surface area contributed by atoms with Crippen LogP contribution >= 0.6 is 0 Å². The average Bonchev–Trinajstić information content (AvgIpc) is 3.32. The second kappa shape index (κ2) is 7.24. The van der Waals surface area contributed by atoms with Gasteiger partial charge in [-0.15, -0.1) is 0 Å². The molecule has 146 valence electrons. The van der Waals surface area contributed by atoms with Crippen LogP contribution in [0, 0.1) is 0 Å². The summed E-state index contributed by atoms with van der Waals surface area (Å²) in [4.78, 5) is 15.6. The molecular formula is C24H22N2O3. The summed E-state index contributed by atoms with van der Waals surface area (Å²) < 4.78 is 5.72. The monoisotopic (exact) mass is 386 g/mol. The van der Waals surface area contributed by atoms with Gasteiger partial charge >= 0.3 is 5.97 Å². The molecule has 2 aliphatic rings. The molecule has 2 N–H and O–H groups in total. The first-order valence-electron chi connectivity index (χ1n) is 9.97. The number of hydrogen-bond donors (Lipinski definition) is 2. The van der Waals surface area contributed by atoms with Gasteiger partial charge in [-0.1, -0.05) is 48.5 Å². The summed E-state index contributed by atoms with van der Waals surface area (Å²) in [5.74, 6) is 0.572. The normalized spacial score (nSPS) is 19.3. The van der Waals surface area contributed by atoms with Crippen LogP contribution in [-0.2, 0) is 11.2 Å². The highest BCUT2D eigenvalue weighted by molar-refractivity contribution is 5.71.